The van der Waals surface area contributed by atoms with Crippen LogP contribution in [0, 0.1) is 6.92 Å². The highest BCUT2D eigenvalue weighted by Crippen LogP contribution is 2.23. The molecule has 2 aromatic rings. The van der Waals surface area contributed by atoms with Crippen molar-refractivity contribution in [3.8, 4) is 17.1 Å². The molecule has 1 aliphatic heterocycles. The summed E-state index contributed by atoms with van der Waals surface area (Å²) in [7, 11) is 0. The Morgan fingerprint density at radius 1 is 1.44 bits per heavy atom. The van der Waals surface area contributed by atoms with Crippen molar-refractivity contribution in [1.82, 2.24) is 15.5 Å². The molecular weight excluding hydrogens is 230 g/mol. The van der Waals surface area contributed by atoms with E-state index in [-0.39, 0.29) is 6.10 Å². The molecule has 0 spiro atoms. The van der Waals surface area contributed by atoms with E-state index in [4.69, 9.17) is 9.26 Å². The number of aromatic nitrogens is 2. The summed E-state index contributed by atoms with van der Waals surface area (Å²) < 4.78 is 10.9. The van der Waals surface area contributed by atoms with Crippen LogP contribution in [0.15, 0.2) is 28.8 Å². The average molecular weight is 245 g/mol. The second-order valence-corrected chi connectivity index (χ2v) is 4.40. The van der Waals surface area contributed by atoms with Crippen molar-refractivity contribution < 1.29 is 9.26 Å². The molecule has 2 heterocycles. The first-order valence-electron chi connectivity index (χ1n) is 6.09. The summed E-state index contributed by atoms with van der Waals surface area (Å²) in [5.74, 6) is 2.02. The van der Waals surface area contributed by atoms with E-state index in [0.29, 0.717) is 11.7 Å². The summed E-state index contributed by atoms with van der Waals surface area (Å²) in [6.45, 7) is 3.71. The first-order valence-corrected chi connectivity index (χ1v) is 6.09. The molecule has 18 heavy (non-hydrogen) atoms. The Balaban J connectivity index is 1.80. The van der Waals surface area contributed by atoms with Gasteiger partial charge in [-0.25, -0.2) is 0 Å². The van der Waals surface area contributed by atoms with Gasteiger partial charge < -0.3 is 14.6 Å². The van der Waals surface area contributed by atoms with Crippen LogP contribution in [-0.2, 0) is 0 Å². The Kier molecular flexibility index (Phi) is 2.98. The van der Waals surface area contributed by atoms with Crippen LogP contribution in [0.3, 0.4) is 0 Å². The summed E-state index contributed by atoms with van der Waals surface area (Å²) in [5.41, 5.74) is 0.912. The molecule has 1 atom stereocenters. The van der Waals surface area contributed by atoms with Crippen molar-refractivity contribution in [2.24, 2.45) is 0 Å². The first kappa shape index (κ1) is 11.2. The van der Waals surface area contributed by atoms with E-state index < -0.39 is 0 Å². The van der Waals surface area contributed by atoms with Gasteiger partial charge in [-0.1, -0.05) is 17.3 Å². The van der Waals surface area contributed by atoms with Crippen LogP contribution in [0.5, 0.6) is 5.75 Å². The summed E-state index contributed by atoms with van der Waals surface area (Å²) in [6, 6.07) is 7.79. The Morgan fingerprint density at radius 2 is 2.39 bits per heavy atom. The number of nitrogens with one attached hydrogen (secondary N) is 1. The van der Waals surface area contributed by atoms with Crippen LogP contribution in [-0.4, -0.2) is 29.3 Å². The molecule has 0 aliphatic carbocycles. The molecule has 1 N–H and O–H groups in total. The maximum atomic E-state index is 5.90. The number of hydrogen-bond acceptors (Lipinski definition) is 5. The van der Waals surface area contributed by atoms with Gasteiger partial charge in [0.1, 0.15) is 11.9 Å². The zero-order chi connectivity index (χ0) is 12.4. The number of nitrogens with zero attached hydrogens (tertiary/aromatic N) is 2. The van der Waals surface area contributed by atoms with Gasteiger partial charge in [-0.15, -0.1) is 0 Å². The van der Waals surface area contributed by atoms with Gasteiger partial charge in [0.2, 0.25) is 11.7 Å². The maximum absolute atomic E-state index is 5.90. The lowest BCUT2D eigenvalue weighted by Crippen LogP contribution is -2.19. The van der Waals surface area contributed by atoms with Gasteiger partial charge in [-0.05, 0) is 25.1 Å². The van der Waals surface area contributed by atoms with E-state index in [9.17, 15) is 0 Å². The molecule has 1 fully saturated rings. The van der Waals surface area contributed by atoms with Gasteiger partial charge >= 0.3 is 0 Å². The van der Waals surface area contributed by atoms with Crippen LogP contribution in [0.25, 0.3) is 11.4 Å². The molecule has 0 radical (unpaired) electrons. The largest absolute Gasteiger partial charge is 0.489 e. The lowest BCUT2D eigenvalue weighted by Gasteiger charge is -2.12. The van der Waals surface area contributed by atoms with E-state index in [2.05, 4.69) is 15.5 Å². The predicted molar refractivity (Wildman–Crippen MR) is 66.4 cm³/mol. The van der Waals surface area contributed by atoms with Gasteiger partial charge in [0.15, 0.2) is 0 Å². The minimum Gasteiger partial charge on any atom is -0.489 e. The molecular formula is C13H15N3O2. The molecule has 5 heteroatoms. The third-order valence-corrected chi connectivity index (χ3v) is 2.94. The molecule has 1 unspecified atom stereocenters. The zero-order valence-corrected chi connectivity index (χ0v) is 10.2. The summed E-state index contributed by atoms with van der Waals surface area (Å²) in [5, 5.41) is 7.18. The number of benzene rings is 1. The zero-order valence-electron chi connectivity index (χ0n) is 10.2. The normalized spacial score (nSPS) is 19.1. The lowest BCUT2D eigenvalue weighted by molar-refractivity contribution is 0.223. The maximum Gasteiger partial charge on any atom is 0.223 e. The molecule has 5 nitrogen and oxygen atoms in total. The Hall–Kier alpha value is -1.88. The van der Waals surface area contributed by atoms with Crippen LogP contribution in [0.4, 0.5) is 0 Å². The van der Waals surface area contributed by atoms with Crippen LogP contribution in [0.2, 0.25) is 0 Å². The Labute approximate surface area is 105 Å². The smallest absolute Gasteiger partial charge is 0.223 e. The van der Waals surface area contributed by atoms with Crippen LogP contribution in [0.1, 0.15) is 12.3 Å². The van der Waals surface area contributed by atoms with E-state index in [1.165, 1.54) is 0 Å². The topological polar surface area (TPSA) is 60.2 Å². The molecule has 3 rings (SSSR count). The van der Waals surface area contributed by atoms with Crippen molar-refractivity contribution >= 4 is 0 Å². The highest BCUT2D eigenvalue weighted by molar-refractivity contribution is 5.56. The van der Waals surface area contributed by atoms with Gasteiger partial charge in [0.25, 0.3) is 0 Å². The number of ether oxygens (including phenoxy) is 1. The highest BCUT2D eigenvalue weighted by atomic mass is 16.5. The Morgan fingerprint density at radius 3 is 3.11 bits per heavy atom. The van der Waals surface area contributed by atoms with Gasteiger partial charge in [0, 0.05) is 19.0 Å². The molecule has 0 bridgehead atoms. The van der Waals surface area contributed by atoms with Gasteiger partial charge in [0.05, 0.1) is 0 Å². The second kappa shape index (κ2) is 4.78. The fraction of sp³-hybridized carbons (Fsp3) is 0.385. The number of rotatable bonds is 3. The molecule has 0 saturated carbocycles. The van der Waals surface area contributed by atoms with E-state index in [0.717, 1.165) is 30.8 Å². The monoisotopic (exact) mass is 245 g/mol. The second-order valence-electron chi connectivity index (χ2n) is 4.40. The first-order chi connectivity index (χ1) is 8.81. The van der Waals surface area contributed by atoms with Crippen LogP contribution >= 0.6 is 0 Å². The van der Waals surface area contributed by atoms with Crippen molar-refractivity contribution in [2.45, 2.75) is 19.4 Å². The van der Waals surface area contributed by atoms with Crippen molar-refractivity contribution in [1.29, 1.82) is 0 Å². The highest BCUT2D eigenvalue weighted by Gasteiger charge is 2.16. The van der Waals surface area contributed by atoms with Crippen molar-refractivity contribution in [2.75, 3.05) is 13.1 Å². The van der Waals surface area contributed by atoms with E-state index in [1.54, 1.807) is 6.92 Å². The van der Waals surface area contributed by atoms with E-state index in [1.807, 2.05) is 24.3 Å². The quantitative estimate of drug-likeness (QED) is 0.893. The number of hydrogen-bond donors (Lipinski definition) is 1. The molecule has 1 aromatic carbocycles. The fourth-order valence-corrected chi connectivity index (χ4v) is 2.05. The van der Waals surface area contributed by atoms with Gasteiger partial charge in [-0.2, -0.15) is 4.98 Å². The Bertz CT molecular complexity index is 533. The SMILES string of the molecule is Cc1nc(-c2cccc(OC3CCNC3)c2)no1. The van der Waals surface area contributed by atoms with Crippen molar-refractivity contribution in [3.63, 3.8) is 0 Å². The fourth-order valence-electron chi connectivity index (χ4n) is 2.05. The van der Waals surface area contributed by atoms with Gasteiger partial charge in [-0.3, -0.25) is 0 Å². The third-order valence-electron chi connectivity index (χ3n) is 2.94. The lowest BCUT2D eigenvalue weighted by atomic mass is 10.2. The molecule has 1 aromatic heterocycles. The summed E-state index contributed by atoms with van der Waals surface area (Å²) in [6.07, 6.45) is 1.30. The molecule has 94 valence electrons. The minimum absolute atomic E-state index is 0.257. The molecule has 1 aliphatic rings. The van der Waals surface area contributed by atoms with Crippen molar-refractivity contribution in [3.05, 3.63) is 30.2 Å². The predicted octanol–water partition coefficient (Wildman–Crippen LogP) is 1.79. The van der Waals surface area contributed by atoms with E-state index >= 15 is 0 Å². The third kappa shape index (κ3) is 2.36. The summed E-state index contributed by atoms with van der Waals surface area (Å²) >= 11 is 0. The summed E-state index contributed by atoms with van der Waals surface area (Å²) in [4.78, 5) is 4.21. The standard InChI is InChI=1S/C13H15N3O2/c1-9-15-13(16-18-9)10-3-2-4-11(7-10)17-12-5-6-14-8-12/h2-4,7,12,14H,5-6,8H2,1H3. The number of aryl methyl sites for hydroxylation is 1. The van der Waals surface area contributed by atoms with Crippen LogP contribution < -0.4 is 10.1 Å². The molecule has 0 amide bonds. The minimum atomic E-state index is 0.257. The molecule has 1 saturated heterocycles. The average Bonchev–Trinajstić information content (AvgIpc) is 3.01.